The Morgan fingerprint density at radius 3 is 2.81 bits per heavy atom. The molecule has 0 saturated carbocycles. The highest BCUT2D eigenvalue weighted by molar-refractivity contribution is 5.95. The van der Waals surface area contributed by atoms with E-state index >= 15 is 0 Å². The Bertz CT molecular complexity index is 1540. The third-order valence-corrected chi connectivity index (χ3v) is 6.98. The van der Waals surface area contributed by atoms with E-state index in [2.05, 4.69) is 5.32 Å². The predicted octanol–water partition coefficient (Wildman–Crippen LogP) is 1.23. The first-order valence-corrected chi connectivity index (χ1v) is 11.9. The number of aliphatic hydroxyl groups is 1. The highest BCUT2D eigenvalue weighted by atomic mass is 16.6. The SMILES string of the molecule is CC[C@@]1(O)C(=O)OCc2c1cc1n(c2=O)Cc2cc3c(N)c(CCC(=O)OCNC(C)=O)ccc3nc2-1. The number of cyclic esters (lactones) is 1. The van der Waals surface area contributed by atoms with Crippen LogP contribution in [0.2, 0.25) is 0 Å². The Kier molecular flexibility index (Phi) is 5.95. The number of benzene rings is 1. The fraction of sp³-hybridized carbons (Fsp3) is 0.346. The number of carbonyl (C=O) groups excluding carboxylic acids is 3. The third-order valence-electron chi connectivity index (χ3n) is 6.98. The van der Waals surface area contributed by atoms with E-state index in [1.807, 2.05) is 6.07 Å². The van der Waals surface area contributed by atoms with Crippen LogP contribution >= 0.6 is 0 Å². The summed E-state index contributed by atoms with van der Waals surface area (Å²) in [6.45, 7) is 2.88. The number of aryl methyl sites for hydroxylation is 1. The normalized spacial score (nSPS) is 17.5. The van der Waals surface area contributed by atoms with Crippen LogP contribution in [0.15, 0.2) is 29.1 Å². The lowest BCUT2D eigenvalue weighted by molar-refractivity contribution is -0.172. The van der Waals surface area contributed by atoms with E-state index in [1.165, 1.54) is 6.92 Å². The van der Waals surface area contributed by atoms with Crippen molar-refractivity contribution in [3.8, 4) is 11.4 Å². The first-order chi connectivity index (χ1) is 17.6. The van der Waals surface area contributed by atoms with Crippen LogP contribution in [-0.2, 0) is 49.0 Å². The molecule has 2 aliphatic rings. The number of hydrogen-bond donors (Lipinski definition) is 3. The molecule has 1 atom stereocenters. The molecule has 3 aromatic rings. The van der Waals surface area contributed by atoms with Gasteiger partial charge >= 0.3 is 11.9 Å². The second-order valence-electron chi connectivity index (χ2n) is 9.20. The molecular formula is C26H26N4O7. The summed E-state index contributed by atoms with van der Waals surface area (Å²) in [4.78, 5) is 53.3. The minimum Gasteiger partial charge on any atom is -0.458 e. The van der Waals surface area contributed by atoms with Crippen molar-refractivity contribution in [2.75, 3.05) is 12.5 Å². The number of nitrogens with one attached hydrogen (secondary N) is 1. The van der Waals surface area contributed by atoms with Crippen molar-refractivity contribution in [3.63, 3.8) is 0 Å². The monoisotopic (exact) mass is 506 g/mol. The Hall–Kier alpha value is -4.25. The molecule has 5 rings (SSSR count). The van der Waals surface area contributed by atoms with Gasteiger partial charge in [0.25, 0.3) is 5.56 Å². The molecule has 2 aromatic heterocycles. The minimum absolute atomic E-state index is 0.0693. The van der Waals surface area contributed by atoms with Crippen molar-refractivity contribution in [3.05, 3.63) is 56.9 Å². The molecule has 2 aliphatic heterocycles. The van der Waals surface area contributed by atoms with Gasteiger partial charge < -0.3 is 30.2 Å². The van der Waals surface area contributed by atoms with Crippen LogP contribution in [0.25, 0.3) is 22.3 Å². The Labute approximate surface area is 211 Å². The zero-order valence-corrected chi connectivity index (χ0v) is 20.4. The molecule has 0 bridgehead atoms. The van der Waals surface area contributed by atoms with Gasteiger partial charge in [0.15, 0.2) is 12.3 Å². The maximum absolute atomic E-state index is 13.3. The number of nitrogens with two attached hydrogens (primary N) is 1. The Balaban J connectivity index is 1.47. The highest BCUT2D eigenvalue weighted by Gasteiger charge is 2.45. The van der Waals surface area contributed by atoms with E-state index in [4.69, 9.17) is 20.2 Å². The molecule has 11 nitrogen and oxygen atoms in total. The first-order valence-electron chi connectivity index (χ1n) is 11.9. The maximum atomic E-state index is 13.3. The molecule has 0 spiro atoms. The zero-order chi connectivity index (χ0) is 26.5. The van der Waals surface area contributed by atoms with Gasteiger partial charge in [0.2, 0.25) is 5.91 Å². The molecule has 1 amide bonds. The largest absolute Gasteiger partial charge is 0.458 e. The zero-order valence-electron chi connectivity index (χ0n) is 20.4. The molecule has 0 aliphatic carbocycles. The van der Waals surface area contributed by atoms with Crippen LogP contribution < -0.4 is 16.6 Å². The molecular weight excluding hydrogens is 480 g/mol. The van der Waals surface area contributed by atoms with Gasteiger partial charge in [-0.25, -0.2) is 9.78 Å². The van der Waals surface area contributed by atoms with E-state index in [0.717, 1.165) is 11.1 Å². The van der Waals surface area contributed by atoms with Crippen molar-refractivity contribution >= 4 is 34.4 Å². The average Bonchev–Trinajstić information content (AvgIpc) is 3.23. The van der Waals surface area contributed by atoms with Crippen molar-refractivity contribution < 1.29 is 29.0 Å². The summed E-state index contributed by atoms with van der Waals surface area (Å²) >= 11 is 0. The van der Waals surface area contributed by atoms with Crippen molar-refractivity contribution in [1.29, 1.82) is 0 Å². The number of rotatable bonds is 6. The van der Waals surface area contributed by atoms with Crippen molar-refractivity contribution in [2.24, 2.45) is 0 Å². The summed E-state index contributed by atoms with van der Waals surface area (Å²) in [5.41, 5.74) is 8.45. The second kappa shape index (κ2) is 9.00. The fourth-order valence-electron chi connectivity index (χ4n) is 4.86. The van der Waals surface area contributed by atoms with Gasteiger partial charge in [0.1, 0.15) is 6.61 Å². The van der Waals surface area contributed by atoms with Crippen LogP contribution in [0.4, 0.5) is 5.69 Å². The van der Waals surface area contributed by atoms with E-state index in [0.29, 0.717) is 34.4 Å². The molecule has 4 heterocycles. The number of anilines is 1. The molecule has 192 valence electrons. The summed E-state index contributed by atoms with van der Waals surface area (Å²) in [5, 5.41) is 14.1. The van der Waals surface area contributed by atoms with Crippen LogP contribution in [0, 0.1) is 0 Å². The summed E-state index contributed by atoms with van der Waals surface area (Å²) in [6.07, 6.45) is 0.495. The first kappa shape index (κ1) is 24.4. The van der Waals surface area contributed by atoms with E-state index in [1.54, 1.807) is 29.7 Å². The topological polar surface area (TPSA) is 163 Å². The van der Waals surface area contributed by atoms with E-state index in [9.17, 15) is 24.3 Å². The van der Waals surface area contributed by atoms with Crippen LogP contribution in [0.3, 0.4) is 0 Å². The number of carbonyl (C=O) groups is 3. The van der Waals surface area contributed by atoms with Gasteiger partial charge in [0.05, 0.1) is 29.0 Å². The number of nitrogen functional groups attached to an aromatic ring is 1. The van der Waals surface area contributed by atoms with Crippen LogP contribution in [0.1, 0.15) is 48.9 Å². The quantitative estimate of drug-likeness (QED) is 0.198. The Morgan fingerprint density at radius 1 is 1.30 bits per heavy atom. The second-order valence-corrected chi connectivity index (χ2v) is 9.20. The smallest absolute Gasteiger partial charge is 0.343 e. The summed E-state index contributed by atoms with van der Waals surface area (Å²) in [6, 6.07) is 7.13. The van der Waals surface area contributed by atoms with Crippen LogP contribution in [-0.4, -0.2) is 39.2 Å². The average molecular weight is 507 g/mol. The number of pyridine rings is 2. The van der Waals surface area contributed by atoms with Crippen LogP contribution in [0.5, 0.6) is 0 Å². The minimum atomic E-state index is -1.88. The number of esters is 2. The lowest BCUT2D eigenvalue weighted by atomic mass is 9.86. The molecule has 1 aromatic carbocycles. The number of aromatic nitrogens is 2. The standard InChI is InChI=1S/C26H26N4O7/c1-3-26(35)18-9-20-23-15(10-30(20)24(33)17(18)11-36-25(26)34)8-16-19(29-23)6-4-14(22(16)27)5-7-21(32)37-12-28-13(2)31/h4,6,8-9,35H,3,5,7,10-12,27H2,1-2H3,(H,28,31)/t26-/m0/s1. The van der Waals surface area contributed by atoms with Crippen molar-refractivity contribution in [1.82, 2.24) is 14.9 Å². The number of nitrogens with zero attached hydrogens (tertiary/aromatic N) is 2. The summed E-state index contributed by atoms with van der Waals surface area (Å²) in [7, 11) is 0. The van der Waals surface area contributed by atoms with Gasteiger partial charge in [-0.2, -0.15) is 0 Å². The third kappa shape index (κ3) is 4.01. The summed E-state index contributed by atoms with van der Waals surface area (Å²) in [5.74, 6) is -1.52. The molecule has 37 heavy (non-hydrogen) atoms. The molecule has 0 radical (unpaired) electrons. The highest BCUT2D eigenvalue weighted by Crippen LogP contribution is 2.39. The van der Waals surface area contributed by atoms with Gasteiger partial charge in [-0.1, -0.05) is 13.0 Å². The van der Waals surface area contributed by atoms with E-state index in [-0.39, 0.29) is 55.3 Å². The molecule has 0 saturated heterocycles. The number of ether oxygens (including phenoxy) is 2. The van der Waals surface area contributed by atoms with Gasteiger partial charge in [-0.3, -0.25) is 14.4 Å². The van der Waals surface area contributed by atoms with Gasteiger partial charge in [0, 0.05) is 35.5 Å². The molecule has 11 heteroatoms. The Morgan fingerprint density at radius 2 is 2.08 bits per heavy atom. The number of hydrogen-bond acceptors (Lipinski definition) is 9. The molecule has 0 fully saturated rings. The molecule has 0 unspecified atom stereocenters. The van der Waals surface area contributed by atoms with Gasteiger partial charge in [-0.15, -0.1) is 0 Å². The lowest BCUT2D eigenvalue weighted by Gasteiger charge is -2.31. The van der Waals surface area contributed by atoms with E-state index < -0.39 is 17.5 Å². The van der Waals surface area contributed by atoms with Crippen molar-refractivity contribution in [2.45, 2.75) is 51.9 Å². The predicted molar refractivity (Wildman–Crippen MR) is 132 cm³/mol. The van der Waals surface area contributed by atoms with Gasteiger partial charge in [-0.05, 0) is 36.6 Å². The number of amides is 1. The number of fused-ring (bicyclic) bond motifs is 5. The molecule has 4 N–H and O–H groups in total. The summed E-state index contributed by atoms with van der Waals surface area (Å²) < 4.78 is 11.6. The fourth-order valence-corrected chi connectivity index (χ4v) is 4.86. The lowest BCUT2D eigenvalue weighted by Crippen LogP contribution is -2.44. The maximum Gasteiger partial charge on any atom is 0.343 e.